The van der Waals surface area contributed by atoms with Gasteiger partial charge in [0.2, 0.25) is 21.8 Å². The summed E-state index contributed by atoms with van der Waals surface area (Å²) < 4.78 is 25.6. The molecule has 0 aromatic heterocycles. The van der Waals surface area contributed by atoms with Crippen molar-refractivity contribution in [1.82, 2.24) is 14.9 Å². The van der Waals surface area contributed by atoms with E-state index in [1.165, 1.54) is 6.92 Å². The first-order chi connectivity index (χ1) is 8.90. The second-order valence-electron chi connectivity index (χ2n) is 5.06. The standard InChI is InChI=1S/C11H19N3O4S/c1-8-11(16)13-10(15)6-14(8)19(17,18)7-9-4-2-3-5-12-9/h8-9,12H,2-7H2,1H3,(H,13,15,16). The number of carbonyl (C=O) groups excluding carboxylic acids is 2. The Kier molecular flexibility index (Phi) is 4.22. The zero-order valence-corrected chi connectivity index (χ0v) is 11.7. The van der Waals surface area contributed by atoms with E-state index in [1.54, 1.807) is 0 Å². The van der Waals surface area contributed by atoms with Gasteiger partial charge in [0, 0.05) is 6.04 Å². The Morgan fingerprint density at radius 3 is 2.68 bits per heavy atom. The fourth-order valence-electron chi connectivity index (χ4n) is 2.45. The number of hydrogen-bond acceptors (Lipinski definition) is 5. The van der Waals surface area contributed by atoms with Crippen LogP contribution in [0.25, 0.3) is 0 Å². The van der Waals surface area contributed by atoms with Gasteiger partial charge < -0.3 is 5.32 Å². The molecule has 19 heavy (non-hydrogen) atoms. The molecular weight excluding hydrogens is 270 g/mol. The predicted molar refractivity (Wildman–Crippen MR) is 68.7 cm³/mol. The summed E-state index contributed by atoms with van der Waals surface area (Å²) in [6.45, 7) is 2.03. The van der Waals surface area contributed by atoms with Crippen LogP contribution in [0.3, 0.4) is 0 Å². The second kappa shape index (κ2) is 5.56. The number of sulfonamides is 1. The molecule has 2 atom stereocenters. The highest BCUT2D eigenvalue weighted by atomic mass is 32.2. The molecule has 0 aromatic rings. The lowest BCUT2D eigenvalue weighted by atomic mass is 10.1. The van der Waals surface area contributed by atoms with E-state index < -0.39 is 27.9 Å². The molecule has 2 heterocycles. The third-order valence-corrected chi connectivity index (χ3v) is 5.54. The zero-order valence-electron chi connectivity index (χ0n) is 10.9. The number of nitrogens with one attached hydrogen (secondary N) is 2. The fourth-order valence-corrected chi connectivity index (χ4v) is 4.32. The Hall–Kier alpha value is -0.990. The van der Waals surface area contributed by atoms with Crippen LogP contribution in [-0.2, 0) is 19.6 Å². The van der Waals surface area contributed by atoms with Crippen LogP contribution in [0.5, 0.6) is 0 Å². The number of imide groups is 1. The smallest absolute Gasteiger partial charge is 0.244 e. The minimum absolute atomic E-state index is 0.0576. The van der Waals surface area contributed by atoms with Gasteiger partial charge in [-0.3, -0.25) is 14.9 Å². The molecule has 0 radical (unpaired) electrons. The number of piperazine rings is 1. The van der Waals surface area contributed by atoms with Crippen LogP contribution in [0.1, 0.15) is 26.2 Å². The van der Waals surface area contributed by atoms with Gasteiger partial charge in [-0.1, -0.05) is 6.42 Å². The number of amides is 2. The molecule has 2 aliphatic heterocycles. The lowest BCUT2D eigenvalue weighted by molar-refractivity contribution is -0.136. The van der Waals surface area contributed by atoms with E-state index in [-0.39, 0.29) is 18.3 Å². The second-order valence-corrected chi connectivity index (χ2v) is 7.03. The summed E-state index contributed by atoms with van der Waals surface area (Å²) in [4.78, 5) is 22.8. The molecule has 0 aliphatic carbocycles. The van der Waals surface area contributed by atoms with Crippen molar-refractivity contribution >= 4 is 21.8 Å². The van der Waals surface area contributed by atoms with E-state index in [1.807, 2.05) is 0 Å². The highest BCUT2D eigenvalue weighted by Gasteiger charge is 2.39. The molecule has 108 valence electrons. The van der Waals surface area contributed by atoms with E-state index in [0.29, 0.717) is 0 Å². The van der Waals surface area contributed by atoms with E-state index >= 15 is 0 Å². The maximum absolute atomic E-state index is 12.3. The number of rotatable bonds is 3. The quantitative estimate of drug-likeness (QED) is 0.637. The predicted octanol–water partition coefficient (Wildman–Crippen LogP) is -1.19. The molecular formula is C11H19N3O4S. The van der Waals surface area contributed by atoms with Gasteiger partial charge >= 0.3 is 0 Å². The van der Waals surface area contributed by atoms with Crippen LogP contribution >= 0.6 is 0 Å². The molecule has 2 N–H and O–H groups in total. The molecule has 2 amide bonds. The van der Waals surface area contributed by atoms with E-state index in [2.05, 4.69) is 10.6 Å². The summed E-state index contributed by atoms with van der Waals surface area (Å²) in [6, 6.07) is -0.919. The van der Waals surface area contributed by atoms with Gasteiger partial charge in [0.05, 0.1) is 12.3 Å². The molecule has 0 spiro atoms. The summed E-state index contributed by atoms with van der Waals surface area (Å²) in [5.41, 5.74) is 0. The first kappa shape index (κ1) is 14.4. The fraction of sp³-hybridized carbons (Fsp3) is 0.818. The molecule has 0 bridgehead atoms. The molecule has 0 aromatic carbocycles. The lowest BCUT2D eigenvalue weighted by Gasteiger charge is -2.32. The van der Waals surface area contributed by atoms with Gasteiger partial charge in [0.1, 0.15) is 6.04 Å². The maximum Gasteiger partial charge on any atom is 0.244 e. The van der Waals surface area contributed by atoms with Crippen LogP contribution < -0.4 is 10.6 Å². The van der Waals surface area contributed by atoms with Gasteiger partial charge in [-0.2, -0.15) is 4.31 Å². The normalized spacial score (nSPS) is 30.2. The Bertz CT molecular complexity index is 470. The van der Waals surface area contributed by atoms with Crippen LogP contribution in [0, 0.1) is 0 Å². The largest absolute Gasteiger partial charge is 0.313 e. The Morgan fingerprint density at radius 1 is 1.32 bits per heavy atom. The van der Waals surface area contributed by atoms with Gasteiger partial charge in [0.15, 0.2) is 0 Å². The number of carbonyl (C=O) groups is 2. The minimum atomic E-state index is -3.61. The Morgan fingerprint density at radius 2 is 2.05 bits per heavy atom. The topological polar surface area (TPSA) is 95.6 Å². The third-order valence-electron chi connectivity index (χ3n) is 3.55. The first-order valence-electron chi connectivity index (χ1n) is 6.47. The summed E-state index contributed by atoms with van der Waals surface area (Å²) >= 11 is 0. The number of hydrogen-bond donors (Lipinski definition) is 2. The van der Waals surface area contributed by atoms with E-state index in [0.717, 1.165) is 30.1 Å². The maximum atomic E-state index is 12.3. The summed E-state index contributed by atoms with van der Waals surface area (Å²) in [6.07, 6.45) is 2.86. The highest BCUT2D eigenvalue weighted by Crippen LogP contribution is 2.16. The zero-order chi connectivity index (χ0) is 14.0. The molecule has 0 saturated carbocycles. The molecule has 2 saturated heterocycles. The average molecular weight is 289 g/mol. The molecule has 2 unspecified atom stereocenters. The van der Waals surface area contributed by atoms with Crippen molar-refractivity contribution in [3.63, 3.8) is 0 Å². The van der Waals surface area contributed by atoms with Crippen LogP contribution in [-0.4, -0.2) is 55.5 Å². The number of piperidine rings is 1. The van der Waals surface area contributed by atoms with Crippen molar-refractivity contribution in [3.8, 4) is 0 Å². The molecule has 2 aliphatic rings. The van der Waals surface area contributed by atoms with Crippen molar-refractivity contribution < 1.29 is 18.0 Å². The summed E-state index contributed by atoms with van der Waals surface area (Å²) in [5.74, 6) is -1.18. The SMILES string of the molecule is CC1C(=O)NC(=O)CN1S(=O)(=O)CC1CCCCN1. The first-order valence-corrected chi connectivity index (χ1v) is 8.07. The van der Waals surface area contributed by atoms with Crippen molar-refractivity contribution in [3.05, 3.63) is 0 Å². The van der Waals surface area contributed by atoms with E-state index in [9.17, 15) is 18.0 Å². The Labute approximate surface area is 112 Å². The van der Waals surface area contributed by atoms with Crippen molar-refractivity contribution in [1.29, 1.82) is 0 Å². The van der Waals surface area contributed by atoms with Crippen molar-refractivity contribution in [2.75, 3.05) is 18.8 Å². The molecule has 8 heteroatoms. The monoisotopic (exact) mass is 289 g/mol. The highest BCUT2D eigenvalue weighted by molar-refractivity contribution is 7.89. The third kappa shape index (κ3) is 3.31. The van der Waals surface area contributed by atoms with Crippen LogP contribution in [0.4, 0.5) is 0 Å². The number of nitrogens with zero attached hydrogens (tertiary/aromatic N) is 1. The molecule has 2 rings (SSSR count). The van der Waals surface area contributed by atoms with E-state index in [4.69, 9.17) is 0 Å². The van der Waals surface area contributed by atoms with Gasteiger partial charge in [-0.05, 0) is 26.3 Å². The summed E-state index contributed by atoms with van der Waals surface area (Å²) in [7, 11) is -3.61. The van der Waals surface area contributed by atoms with Gasteiger partial charge in [0.25, 0.3) is 0 Å². The average Bonchev–Trinajstić information content (AvgIpc) is 2.34. The van der Waals surface area contributed by atoms with Crippen molar-refractivity contribution in [2.24, 2.45) is 0 Å². The van der Waals surface area contributed by atoms with Crippen molar-refractivity contribution in [2.45, 2.75) is 38.3 Å². The van der Waals surface area contributed by atoms with Crippen LogP contribution in [0.2, 0.25) is 0 Å². The Balaban J connectivity index is 2.09. The summed E-state index contributed by atoms with van der Waals surface area (Å²) in [5, 5.41) is 5.30. The van der Waals surface area contributed by atoms with Gasteiger partial charge in [-0.25, -0.2) is 8.42 Å². The molecule has 2 fully saturated rings. The molecule has 7 nitrogen and oxygen atoms in total. The minimum Gasteiger partial charge on any atom is -0.313 e. The van der Waals surface area contributed by atoms with Crippen LogP contribution in [0.15, 0.2) is 0 Å². The lowest BCUT2D eigenvalue weighted by Crippen LogP contribution is -2.59. The van der Waals surface area contributed by atoms with Gasteiger partial charge in [-0.15, -0.1) is 0 Å².